The van der Waals surface area contributed by atoms with E-state index >= 15 is 0 Å². The third-order valence-corrected chi connectivity index (χ3v) is 3.38. The van der Waals surface area contributed by atoms with Crippen molar-refractivity contribution in [3.8, 4) is 0 Å². The Hall–Kier alpha value is -1.10. The molecule has 0 unspecified atom stereocenters. The minimum atomic E-state index is 0.532. The summed E-state index contributed by atoms with van der Waals surface area (Å²) in [5.74, 6) is 1.50. The molecule has 0 aliphatic heterocycles. The Labute approximate surface area is 102 Å². The van der Waals surface area contributed by atoms with Crippen molar-refractivity contribution in [3.05, 3.63) is 5.89 Å². The second-order valence-electron chi connectivity index (χ2n) is 4.76. The minimum Gasteiger partial charge on any atom is -0.408 e. The number of aromatic nitrogens is 2. The van der Waals surface area contributed by atoms with Crippen LogP contribution in [0.1, 0.15) is 44.4 Å². The van der Waals surface area contributed by atoms with Gasteiger partial charge >= 0.3 is 6.01 Å². The molecule has 3 N–H and O–H groups in total. The Morgan fingerprint density at radius 2 is 2.06 bits per heavy atom. The molecule has 0 atom stereocenters. The Morgan fingerprint density at radius 1 is 1.24 bits per heavy atom. The first-order valence-corrected chi connectivity index (χ1v) is 6.65. The summed E-state index contributed by atoms with van der Waals surface area (Å²) in [5, 5.41) is 11.0. The van der Waals surface area contributed by atoms with Gasteiger partial charge in [-0.3, -0.25) is 0 Å². The molecule has 1 fully saturated rings. The molecule has 1 aromatic rings. The predicted octanol–water partition coefficient (Wildman–Crippen LogP) is 1.95. The molecular formula is C12H22N4O. The van der Waals surface area contributed by atoms with Crippen LogP contribution < -0.4 is 11.1 Å². The van der Waals surface area contributed by atoms with Crippen LogP contribution in [0.5, 0.6) is 0 Å². The molecule has 1 heterocycles. The third-order valence-electron chi connectivity index (χ3n) is 3.38. The quantitative estimate of drug-likeness (QED) is 0.792. The molecule has 1 aliphatic carbocycles. The van der Waals surface area contributed by atoms with Crippen molar-refractivity contribution in [1.29, 1.82) is 0 Å². The van der Waals surface area contributed by atoms with Crippen LogP contribution in [0.25, 0.3) is 0 Å². The van der Waals surface area contributed by atoms with Gasteiger partial charge in [0.25, 0.3) is 0 Å². The van der Waals surface area contributed by atoms with Crippen molar-refractivity contribution in [2.75, 3.05) is 18.4 Å². The maximum absolute atomic E-state index is 5.42. The van der Waals surface area contributed by atoms with Crippen molar-refractivity contribution in [3.63, 3.8) is 0 Å². The van der Waals surface area contributed by atoms with Crippen LogP contribution in [0.4, 0.5) is 6.01 Å². The van der Waals surface area contributed by atoms with Gasteiger partial charge in [0.1, 0.15) is 0 Å². The summed E-state index contributed by atoms with van der Waals surface area (Å²) >= 11 is 0. The normalized spacial score (nSPS) is 17.2. The monoisotopic (exact) mass is 238 g/mol. The molecule has 5 nitrogen and oxygen atoms in total. The van der Waals surface area contributed by atoms with Crippen LogP contribution in [0, 0.1) is 5.92 Å². The van der Waals surface area contributed by atoms with Crippen molar-refractivity contribution in [2.24, 2.45) is 11.7 Å². The number of rotatable bonds is 6. The average molecular weight is 238 g/mol. The molecule has 1 aromatic heterocycles. The fraction of sp³-hybridized carbons (Fsp3) is 0.833. The molecule has 0 saturated heterocycles. The Kier molecular flexibility index (Phi) is 4.79. The van der Waals surface area contributed by atoms with Crippen molar-refractivity contribution in [1.82, 2.24) is 10.2 Å². The summed E-state index contributed by atoms with van der Waals surface area (Å²) in [4.78, 5) is 0. The highest BCUT2D eigenvalue weighted by Crippen LogP contribution is 2.26. The fourth-order valence-corrected chi connectivity index (χ4v) is 2.41. The molecule has 0 bridgehead atoms. The summed E-state index contributed by atoms with van der Waals surface area (Å²) < 4.78 is 5.40. The van der Waals surface area contributed by atoms with Crippen molar-refractivity contribution >= 4 is 6.01 Å². The van der Waals surface area contributed by atoms with Gasteiger partial charge in [0, 0.05) is 19.5 Å². The van der Waals surface area contributed by atoms with E-state index < -0.39 is 0 Å². The summed E-state index contributed by atoms with van der Waals surface area (Å²) in [6.07, 6.45) is 8.81. The van der Waals surface area contributed by atoms with Crippen molar-refractivity contribution in [2.45, 2.75) is 44.9 Å². The second kappa shape index (κ2) is 6.59. The summed E-state index contributed by atoms with van der Waals surface area (Å²) in [7, 11) is 0. The van der Waals surface area contributed by atoms with E-state index in [4.69, 9.17) is 10.2 Å². The zero-order chi connectivity index (χ0) is 11.9. The molecular weight excluding hydrogens is 216 g/mol. The highest BCUT2D eigenvalue weighted by Gasteiger charge is 2.13. The zero-order valence-corrected chi connectivity index (χ0v) is 10.3. The van der Waals surface area contributed by atoms with Gasteiger partial charge in [-0.15, -0.1) is 5.10 Å². The SMILES string of the molecule is NCCc1nnc(NCCC2CCCCC2)o1. The van der Waals surface area contributed by atoms with Crippen LogP contribution in [0.2, 0.25) is 0 Å². The largest absolute Gasteiger partial charge is 0.408 e. The van der Waals surface area contributed by atoms with Crippen LogP contribution in [0.3, 0.4) is 0 Å². The van der Waals surface area contributed by atoms with E-state index in [2.05, 4.69) is 15.5 Å². The molecule has 2 rings (SSSR count). The van der Waals surface area contributed by atoms with Crippen molar-refractivity contribution < 1.29 is 4.42 Å². The third kappa shape index (κ3) is 4.00. The van der Waals surface area contributed by atoms with Crippen LogP contribution in [0.15, 0.2) is 4.42 Å². The maximum Gasteiger partial charge on any atom is 0.315 e. The first-order chi connectivity index (χ1) is 8.38. The lowest BCUT2D eigenvalue weighted by atomic mass is 9.87. The van der Waals surface area contributed by atoms with Gasteiger partial charge in [0.05, 0.1) is 0 Å². The molecule has 0 aromatic carbocycles. The number of anilines is 1. The Morgan fingerprint density at radius 3 is 2.82 bits per heavy atom. The molecule has 96 valence electrons. The highest BCUT2D eigenvalue weighted by atomic mass is 16.4. The molecule has 0 radical (unpaired) electrons. The van der Waals surface area contributed by atoms with Gasteiger partial charge in [-0.25, -0.2) is 0 Å². The molecule has 1 saturated carbocycles. The van der Waals surface area contributed by atoms with Gasteiger partial charge in [0.15, 0.2) is 0 Å². The molecule has 17 heavy (non-hydrogen) atoms. The van der Waals surface area contributed by atoms with E-state index in [-0.39, 0.29) is 0 Å². The summed E-state index contributed by atoms with van der Waals surface area (Å²) in [6, 6.07) is 0.532. The number of hydrogen-bond donors (Lipinski definition) is 2. The van der Waals surface area contributed by atoms with Crippen LogP contribution in [-0.2, 0) is 6.42 Å². The fourth-order valence-electron chi connectivity index (χ4n) is 2.41. The van der Waals surface area contributed by atoms with Gasteiger partial charge in [-0.1, -0.05) is 37.2 Å². The standard InChI is InChI=1S/C12H22N4O/c13-8-6-11-15-16-12(17-11)14-9-7-10-4-2-1-3-5-10/h10H,1-9,13H2,(H,14,16). The number of nitrogens with one attached hydrogen (secondary N) is 1. The van der Waals surface area contributed by atoms with E-state index in [1.807, 2.05) is 0 Å². The van der Waals surface area contributed by atoms with E-state index in [0.29, 0.717) is 24.9 Å². The first-order valence-electron chi connectivity index (χ1n) is 6.65. The highest BCUT2D eigenvalue weighted by molar-refractivity contribution is 5.16. The summed E-state index contributed by atoms with van der Waals surface area (Å²) in [6.45, 7) is 1.47. The van der Waals surface area contributed by atoms with Crippen LogP contribution >= 0.6 is 0 Å². The lowest BCUT2D eigenvalue weighted by Gasteiger charge is -2.21. The molecule has 0 amide bonds. The molecule has 5 heteroatoms. The number of nitrogens with zero attached hydrogens (tertiary/aromatic N) is 2. The predicted molar refractivity (Wildman–Crippen MR) is 66.7 cm³/mol. The molecule has 0 spiro atoms. The zero-order valence-electron chi connectivity index (χ0n) is 10.3. The molecule has 1 aliphatic rings. The first kappa shape index (κ1) is 12.4. The minimum absolute atomic E-state index is 0.532. The number of hydrogen-bond acceptors (Lipinski definition) is 5. The van der Waals surface area contributed by atoms with Gasteiger partial charge in [0.2, 0.25) is 5.89 Å². The smallest absolute Gasteiger partial charge is 0.315 e. The lowest BCUT2D eigenvalue weighted by Crippen LogP contribution is -2.12. The van der Waals surface area contributed by atoms with Crippen LogP contribution in [-0.4, -0.2) is 23.3 Å². The number of nitrogens with two attached hydrogens (primary N) is 1. The Balaban J connectivity index is 1.66. The van der Waals surface area contributed by atoms with E-state index in [0.717, 1.165) is 12.5 Å². The van der Waals surface area contributed by atoms with Gasteiger partial charge in [-0.05, 0) is 12.3 Å². The van der Waals surface area contributed by atoms with E-state index in [9.17, 15) is 0 Å². The summed E-state index contributed by atoms with van der Waals surface area (Å²) in [5.41, 5.74) is 5.42. The van der Waals surface area contributed by atoms with Gasteiger partial charge < -0.3 is 15.5 Å². The average Bonchev–Trinajstić information content (AvgIpc) is 2.79. The lowest BCUT2D eigenvalue weighted by molar-refractivity contribution is 0.344. The second-order valence-corrected chi connectivity index (χ2v) is 4.76. The van der Waals surface area contributed by atoms with E-state index in [1.54, 1.807) is 0 Å². The van der Waals surface area contributed by atoms with Gasteiger partial charge in [-0.2, -0.15) is 0 Å². The topological polar surface area (TPSA) is 77.0 Å². The van der Waals surface area contributed by atoms with E-state index in [1.165, 1.54) is 38.5 Å². The Bertz CT molecular complexity index is 320. The maximum atomic E-state index is 5.42.